The molecule has 27 heavy (non-hydrogen) atoms. The molecule has 0 saturated carbocycles. The zero-order chi connectivity index (χ0) is 18.9. The van der Waals surface area contributed by atoms with Gasteiger partial charge in [-0.3, -0.25) is 4.79 Å². The number of carbonyl (C=O) groups is 1. The molecule has 1 saturated heterocycles. The summed E-state index contributed by atoms with van der Waals surface area (Å²) in [6.07, 6.45) is 4.92. The van der Waals surface area contributed by atoms with Gasteiger partial charge >= 0.3 is 0 Å². The van der Waals surface area contributed by atoms with Crippen molar-refractivity contribution < 1.29 is 14.3 Å². The summed E-state index contributed by atoms with van der Waals surface area (Å²) in [5.74, 6) is 1.97. The van der Waals surface area contributed by atoms with Crippen LogP contribution in [0.5, 0.6) is 17.2 Å². The third-order valence-electron chi connectivity index (χ3n) is 4.76. The molecule has 0 aromatic heterocycles. The zero-order valence-corrected chi connectivity index (χ0v) is 15.9. The molecule has 0 unspecified atom stereocenters. The van der Waals surface area contributed by atoms with E-state index in [1.807, 2.05) is 36.4 Å². The predicted octanol–water partition coefficient (Wildman–Crippen LogP) is 4.09. The first-order valence-electron chi connectivity index (χ1n) is 9.67. The largest absolute Gasteiger partial charge is 0.497 e. The Bertz CT molecular complexity index is 742. The van der Waals surface area contributed by atoms with E-state index in [1.165, 1.54) is 32.4 Å². The molecule has 1 aliphatic rings. The van der Waals surface area contributed by atoms with E-state index in [2.05, 4.69) is 10.2 Å². The summed E-state index contributed by atoms with van der Waals surface area (Å²) >= 11 is 0. The Labute approximate surface area is 161 Å². The second-order valence-electron chi connectivity index (χ2n) is 6.82. The summed E-state index contributed by atoms with van der Waals surface area (Å²) in [5, 5.41) is 3.01. The van der Waals surface area contributed by atoms with Crippen molar-refractivity contribution >= 4 is 5.91 Å². The number of piperidine rings is 1. The predicted molar refractivity (Wildman–Crippen MR) is 107 cm³/mol. The van der Waals surface area contributed by atoms with Gasteiger partial charge < -0.3 is 19.7 Å². The maximum atomic E-state index is 12.4. The van der Waals surface area contributed by atoms with Crippen LogP contribution < -0.4 is 14.8 Å². The molecule has 3 rings (SSSR count). The number of hydrogen-bond donors (Lipinski definition) is 1. The molecule has 0 atom stereocenters. The van der Waals surface area contributed by atoms with E-state index >= 15 is 0 Å². The lowest BCUT2D eigenvalue weighted by molar-refractivity contribution is 0.0950. The van der Waals surface area contributed by atoms with Gasteiger partial charge in [0.05, 0.1) is 7.11 Å². The number of benzene rings is 2. The number of carbonyl (C=O) groups excluding carboxylic acids is 1. The van der Waals surface area contributed by atoms with Crippen molar-refractivity contribution in [2.24, 2.45) is 0 Å². The average Bonchev–Trinajstić information content (AvgIpc) is 2.72. The summed E-state index contributed by atoms with van der Waals surface area (Å²) in [4.78, 5) is 14.9. The van der Waals surface area contributed by atoms with E-state index in [-0.39, 0.29) is 5.91 Å². The van der Waals surface area contributed by atoms with Crippen LogP contribution in [0.15, 0.2) is 48.5 Å². The van der Waals surface area contributed by atoms with E-state index in [4.69, 9.17) is 9.47 Å². The number of methoxy groups -OCH3 is 1. The minimum absolute atomic E-state index is 0.0651. The summed E-state index contributed by atoms with van der Waals surface area (Å²) < 4.78 is 11.1. The molecule has 0 spiro atoms. The SMILES string of the molecule is COc1cccc(Oc2cccc(C(=O)NCCCN3CCCCC3)c2)c1. The molecule has 0 aliphatic carbocycles. The van der Waals surface area contributed by atoms with Crippen molar-refractivity contribution in [3.8, 4) is 17.2 Å². The number of hydrogen-bond acceptors (Lipinski definition) is 4. The highest BCUT2D eigenvalue weighted by atomic mass is 16.5. The molecule has 0 bridgehead atoms. The third kappa shape index (κ3) is 6.00. The number of nitrogens with zero attached hydrogens (tertiary/aromatic N) is 1. The Kier molecular flexibility index (Phi) is 7.11. The third-order valence-corrected chi connectivity index (χ3v) is 4.76. The lowest BCUT2D eigenvalue weighted by atomic mass is 10.1. The van der Waals surface area contributed by atoms with Gasteiger partial charge in [0.25, 0.3) is 5.91 Å². The van der Waals surface area contributed by atoms with Crippen LogP contribution in [0.4, 0.5) is 0 Å². The normalized spacial score (nSPS) is 14.6. The lowest BCUT2D eigenvalue weighted by Gasteiger charge is -2.26. The topological polar surface area (TPSA) is 50.8 Å². The van der Waals surface area contributed by atoms with Crippen LogP contribution in [-0.2, 0) is 0 Å². The van der Waals surface area contributed by atoms with Crippen molar-refractivity contribution in [2.45, 2.75) is 25.7 Å². The van der Waals surface area contributed by atoms with Gasteiger partial charge in [0.1, 0.15) is 17.2 Å². The van der Waals surface area contributed by atoms with Gasteiger partial charge in [-0.1, -0.05) is 18.6 Å². The van der Waals surface area contributed by atoms with Crippen LogP contribution in [0.3, 0.4) is 0 Å². The van der Waals surface area contributed by atoms with Gasteiger partial charge in [0.15, 0.2) is 0 Å². The van der Waals surface area contributed by atoms with Crippen molar-refractivity contribution in [3.05, 3.63) is 54.1 Å². The van der Waals surface area contributed by atoms with Crippen molar-refractivity contribution in [2.75, 3.05) is 33.3 Å². The Morgan fingerprint density at radius 3 is 2.48 bits per heavy atom. The fraction of sp³-hybridized carbons (Fsp3) is 0.409. The lowest BCUT2D eigenvalue weighted by Crippen LogP contribution is -2.33. The van der Waals surface area contributed by atoms with Gasteiger partial charge in [-0.05, 0) is 69.2 Å². The van der Waals surface area contributed by atoms with Gasteiger partial charge in [0, 0.05) is 18.2 Å². The highest BCUT2D eigenvalue weighted by Crippen LogP contribution is 2.25. The molecule has 2 aromatic rings. The van der Waals surface area contributed by atoms with E-state index in [1.54, 1.807) is 19.2 Å². The van der Waals surface area contributed by atoms with Crippen LogP contribution in [0, 0.1) is 0 Å². The highest BCUT2D eigenvalue weighted by Gasteiger charge is 2.10. The van der Waals surface area contributed by atoms with E-state index in [9.17, 15) is 4.79 Å². The van der Waals surface area contributed by atoms with E-state index in [0.29, 0.717) is 23.6 Å². The van der Waals surface area contributed by atoms with Gasteiger partial charge in [-0.25, -0.2) is 0 Å². The molecule has 5 heteroatoms. The second-order valence-corrected chi connectivity index (χ2v) is 6.82. The smallest absolute Gasteiger partial charge is 0.251 e. The number of likely N-dealkylation sites (tertiary alicyclic amines) is 1. The quantitative estimate of drug-likeness (QED) is 0.713. The van der Waals surface area contributed by atoms with Crippen LogP contribution in [0.25, 0.3) is 0 Å². The Morgan fingerprint density at radius 2 is 1.70 bits per heavy atom. The molecule has 1 N–H and O–H groups in total. The monoisotopic (exact) mass is 368 g/mol. The highest BCUT2D eigenvalue weighted by molar-refractivity contribution is 5.94. The zero-order valence-electron chi connectivity index (χ0n) is 15.9. The molecule has 1 amide bonds. The van der Waals surface area contributed by atoms with Crippen LogP contribution in [0.2, 0.25) is 0 Å². The van der Waals surface area contributed by atoms with Crippen LogP contribution in [0.1, 0.15) is 36.0 Å². The molecule has 1 aliphatic heterocycles. The first kappa shape index (κ1) is 19.2. The number of ether oxygens (including phenoxy) is 2. The summed E-state index contributed by atoms with van der Waals surface area (Å²) in [6, 6.07) is 14.6. The fourth-order valence-corrected chi connectivity index (χ4v) is 3.29. The standard InChI is InChI=1S/C22H28N2O3/c1-26-19-9-6-11-21(17-19)27-20-10-5-8-18(16-20)22(25)23-12-7-15-24-13-3-2-4-14-24/h5-6,8-11,16-17H,2-4,7,12-15H2,1H3,(H,23,25). The molecule has 1 heterocycles. The van der Waals surface area contributed by atoms with Crippen molar-refractivity contribution in [1.82, 2.24) is 10.2 Å². The number of rotatable bonds is 8. The first-order chi connectivity index (χ1) is 13.2. The maximum absolute atomic E-state index is 12.4. The number of amides is 1. The molecule has 5 nitrogen and oxygen atoms in total. The Balaban J connectivity index is 1.49. The molecule has 144 valence electrons. The van der Waals surface area contributed by atoms with Gasteiger partial charge in [-0.15, -0.1) is 0 Å². The van der Waals surface area contributed by atoms with Crippen molar-refractivity contribution in [3.63, 3.8) is 0 Å². The van der Waals surface area contributed by atoms with Crippen molar-refractivity contribution in [1.29, 1.82) is 0 Å². The van der Waals surface area contributed by atoms with Gasteiger partial charge in [0.2, 0.25) is 0 Å². The van der Waals surface area contributed by atoms with E-state index in [0.717, 1.165) is 18.7 Å². The Hall–Kier alpha value is -2.53. The Morgan fingerprint density at radius 1 is 1.00 bits per heavy atom. The van der Waals surface area contributed by atoms with E-state index < -0.39 is 0 Å². The average molecular weight is 368 g/mol. The fourth-order valence-electron chi connectivity index (χ4n) is 3.29. The summed E-state index contributed by atoms with van der Waals surface area (Å²) in [7, 11) is 1.62. The molecular formula is C22H28N2O3. The minimum Gasteiger partial charge on any atom is -0.497 e. The van der Waals surface area contributed by atoms with Gasteiger partial charge in [-0.2, -0.15) is 0 Å². The second kappa shape index (κ2) is 9.97. The molecular weight excluding hydrogens is 340 g/mol. The summed E-state index contributed by atoms with van der Waals surface area (Å²) in [6.45, 7) is 4.13. The molecule has 1 fully saturated rings. The first-order valence-corrected chi connectivity index (χ1v) is 9.67. The molecule has 0 radical (unpaired) electrons. The maximum Gasteiger partial charge on any atom is 0.251 e. The number of nitrogens with one attached hydrogen (secondary N) is 1. The summed E-state index contributed by atoms with van der Waals surface area (Å²) in [5.41, 5.74) is 0.605. The van der Waals surface area contributed by atoms with Crippen LogP contribution >= 0.6 is 0 Å². The van der Waals surface area contributed by atoms with Crippen LogP contribution in [-0.4, -0.2) is 44.1 Å². The minimum atomic E-state index is -0.0651. The molecule has 2 aromatic carbocycles.